The van der Waals surface area contributed by atoms with E-state index in [1.807, 2.05) is 4.90 Å². The molecule has 2 atom stereocenters. The van der Waals surface area contributed by atoms with Gasteiger partial charge in [-0.3, -0.25) is 19.2 Å². The molecular formula is C31H36F4N6O5S. The lowest BCUT2D eigenvalue weighted by molar-refractivity contribution is -0.138. The van der Waals surface area contributed by atoms with Crippen LogP contribution in [0.3, 0.4) is 0 Å². The molecule has 2 aromatic carbocycles. The number of aliphatic hydroxyl groups excluding tert-OH is 1. The first kappa shape index (κ1) is 34.5. The third kappa shape index (κ3) is 8.36. The number of fused-ring (bicyclic) bond motifs is 1. The lowest BCUT2D eigenvalue weighted by Crippen LogP contribution is -2.39. The van der Waals surface area contributed by atoms with Crippen LogP contribution in [0, 0.1) is 5.82 Å². The van der Waals surface area contributed by atoms with E-state index >= 15 is 0 Å². The number of benzene rings is 2. The van der Waals surface area contributed by atoms with Crippen LogP contribution in [0.25, 0.3) is 11.3 Å². The summed E-state index contributed by atoms with van der Waals surface area (Å²) in [6, 6.07) is 7.98. The van der Waals surface area contributed by atoms with Crippen molar-refractivity contribution in [2.45, 2.75) is 57.7 Å². The summed E-state index contributed by atoms with van der Waals surface area (Å²) in [5, 5.41) is 21.0. The Morgan fingerprint density at radius 3 is 2.49 bits per heavy atom. The summed E-state index contributed by atoms with van der Waals surface area (Å²) in [6.07, 6.45) is -3.51. The quantitative estimate of drug-likeness (QED) is 0.280. The number of halogens is 4. The Morgan fingerprint density at radius 2 is 1.83 bits per heavy atom. The van der Waals surface area contributed by atoms with Gasteiger partial charge in [0.15, 0.2) is 0 Å². The molecule has 2 unspecified atom stereocenters. The molecule has 0 radical (unpaired) electrons. The lowest BCUT2D eigenvalue weighted by Gasteiger charge is -2.26. The molecule has 2 aliphatic rings. The monoisotopic (exact) mass is 680 g/mol. The molecule has 0 bridgehead atoms. The summed E-state index contributed by atoms with van der Waals surface area (Å²) in [6.45, 7) is 2.69. The van der Waals surface area contributed by atoms with Gasteiger partial charge in [0.05, 0.1) is 30.2 Å². The zero-order valence-corrected chi connectivity index (χ0v) is 26.7. The fraction of sp³-hybridized carbons (Fsp3) is 0.452. The second-order valence-corrected chi connectivity index (χ2v) is 13.9. The van der Waals surface area contributed by atoms with E-state index in [1.54, 1.807) is 4.68 Å². The molecule has 5 rings (SSSR count). The Kier molecular flexibility index (Phi) is 10.1. The molecule has 0 aliphatic carbocycles. The van der Waals surface area contributed by atoms with Crippen molar-refractivity contribution in [3.63, 3.8) is 0 Å². The number of sulfonamides is 1. The zero-order valence-electron chi connectivity index (χ0n) is 25.8. The Morgan fingerprint density at radius 1 is 1.11 bits per heavy atom. The van der Waals surface area contributed by atoms with Crippen LogP contribution in [-0.4, -0.2) is 88.9 Å². The number of nitrogens with one attached hydrogen (secondary N) is 2. The van der Waals surface area contributed by atoms with Crippen LogP contribution in [-0.2, 0) is 47.0 Å². The highest BCUT2D eigenvalue weighted by Gasteiger charge is 2.35. The first-order chi connectivity index (χ1) is 22.1. The normalized spacial score (nSPS) is 18.1. The van der Waals surface area contributed by atoms with Gasteiger partial charge in [0.25, 0.3) is 5.91 Å². The van der Waals surface area contributed by atoms with E-state index in [4.69, 9.17) is 0 Å². The van der Waals surface area contributed by atoms with E-state index in [1.165, 1.54) is 35.5 Å². The number of carbonyl (C=O) groups excluding carboxylic acids is 2. The second kappa shape index (κ2) is 13.7. The number of rotatable bonds is 10. The van der Waals surface area contributed by atoms with Crippen LogP contribution in [0.15, 0.2) is 42.5 Å². The van der Waals surface area contributed by atoms with Gasteiger partial charge < -0.3 is 15.7 Å². The Labute approximate surface area is 269 Å². The van der Waals surface area contributed by atoms with E-state index in [0.29, 0.717) is 30.9 Å². The third-order valence-corrected chi connectivity index (χ3v) is 9.58. The third-order valence-electron chi connectivity index (χ3n) is 8.33. The summed E-state index contributed by atoms with van der Waals surface area (Å²) >= 11 is 0. The summed E-state index contributed by atoms with van der Waals surface area (Å²) in [5.41, 5.74) is 0.596. The highest BCUT2D eigenvalue weighted by atomic mass is 32.2. The fourth-order valence-corrected chi connectivity index (χ4v) is 6.92. The number of likely N-dealkylation sites (tertiary alicyclic amines) is 1. The number of β-amino-alcohol motifs (C(OH)–C–C–N with tert-alkyl or cyclic N) is 1. The predicted octanol–water partition coefficient (Wildman–Crippen LogP) is 2.53. The molecule has 3 aromatic rings. The van der Waals surface area contributed by atoms with Gasteiger partial charge in [-0.25, -0.2) is 12.8 Å². The Balaban J connectivity index is 1.44. The maximum Gasteiger partial charge on any atom is 0.416 e. The molecule has 1 aromatic heterocycles. The van der Waals surface area contributed by atoms with Crippen LogP contribution < -0.4 is 10.6 Å². The molecule has 11 nitrogen and oxygen atoms in total. The number of carbonyl (C=O) groups is 2. The van der Waals surface area contributed by atoms with Crippen LogP contribution in [0.5, 0.6) is 0 Å². The van der Waals surface area contributed by atoms with Crippen molar-refractivity contribution in [1.29, 1.82) is 0 Å². The number of aromatic nitrogens is 2. The average Bonchev–Trinajstić information content (AvgIpc) is 3.58. The van der Waals surface area contributed by atoms with Crippen LogP contribution >= 0.6 is 0 Å². The second-order valence-electron chi connectivity index (χ2n) is 12.0. The van der Waals surface area contributed by atoms with Gasteiger partial charge >= 0.3 is 6.18 Å². The van der Waals surface area contributed by atoms with Crippen molar-refractivity contribution in [3.8, 4) is 11.3 Å². The molecule has 2 amide bonds. The highest BCUT2D eigenvalue weighted by molar-refractivity contribution is 7.88. The zero-order chi connectivity index (χ0) is 34.1. The summed E-state index contributed by atoms with van der Waals surface area (Å²) < 4.78 is 83.1. The highest BCUT2D eigenvalue weighted by Crippen LogP contribution is 2.37. The van der Waals surface area contributed by atoms with Gasteiger partial charge in [-0.2, -0.15) is 22.6 Å². The number of nitrogens with zero attached hydrogens (tertiary/aromatic N) is 4. The van der Waals surface area contributed by atoms with Gasteiger partial charge in [-0.15, -0.1) is 0 Å². The van der Waals surface area contributed by atoms with E-state index in [-0.39, 0.29) is 60.4 Å². The molecule has 0 saturated carbocycles. The Hall–Kier alpha value is -3.86. The van der Waals surface area contributed by atoms with Crippen molar-refractivity contribution in [1.82, 2.24) is 29.6 Å². The van der Waals surface area contributed by atoms with E-state index in [9.17, 15) is 40.7 Å². The minimum atomic E-state index is -4.74. The van der Waals surface area contributed by atoms with Crippen LogP contribution in [0.4, 0.5) is 17.6 Å². The molecular weight excluding hydrogens is 644 g/mol. The molecule has 3 heterocycles. The average molecular weight is 681 g/mol. The van der Waals surface area contributed by atoms with Gasteiger partial charge in [-0.05, 0) is 48.4 Å². The van der Waals surface area contributed by atoms with Gasteiger partial charge in [-0.1, -0.05) is 6.07 Å². The van der Waals surface area contributed by atoms with Gasteiger partial charge in [0, 0.05) is 81.0 Å². The molecule has 1 fully saturated rings. The summed E-state index contributed by atoms with van der Waals surface area (Å²) in [4.78, 5) is 26.1. The standard InChI is InChI=1S/C31H36F4N6O5S/c1-19(42)37-24-9-11-39(15-24)16-25(43)17-41-28-10-12-40(47(2,45)46)18-26(28)29(38-41)21-5-8-27(31(33,34)35)22(13-21)14-36-30(44)20-3-6-23(32)7-4-20/h3-8,13,24-25,43H,9-12,14-18H2,1-2H3,(H,36,44)(H,37,42). The predicted molar refractivity (Wildman–Crippen MR) is 164 cm³/mol. The van der Waals surface area contributed by atoms with Gasteiger partial charge in [0.1, 0.15) is 5.82 Å². The van der Waals surface area contributed by atoms with Crippen molar-refractivity contribution in [3.05, 3.63) is 76.2 Å². The summed E-state index contributed by atoms with van der Waals surface area (Å²) in [5.74, 6) is -1.38. The largest absolute Gasteiger partial charge is 0.416 e. The summed E-state index contributed by atoms with van der Waals surface area (Å²) in [7, 11) is -3.60. The lowest BCUT2D eigenvalue weighted by atomic mass is 9.97. The van der Waals surface area contributed by atoms with Crippen LogP contribution in [0.2, 0.25) is 0 Å². The van der Waals surface area contributed by atoms with Gasteiger partial charge in [0.2, 0.25) is 15.9 Å². The first-order valence-corrected chi connectivity index (χ1v) is 16.9. The number of aliphatic hydroxyl groups is 1. The molecule has 16 heteroatoms. The maximum atomic E-state index is 14.0. The van der Waals surface area contributed by atoms with Crippen molar-refractivity contribution < 1.29 is 40.7 Å². The molecule has 3 N–H and O–H groups in total. The maximum absolute atomic E-state index is 14.0. The minimum absolute atomic E-state index is 0.0138. The molecule has 0 spiro atoms. The number of amides is 2. The molecule has 2 aliphatic heterocycles. The smallest absolute Gasteiger partial charge is 0.390 e. The van der Waals surface area contributed by atoms with E-state index in [2.05, 4.69) is 15.7 Å². The molecule has 1 saturated heterocycles. The first-order valence-electron chi connectivity index (χ1n) is 15.0. The van der Waals surface area contributed by atoms with E-state index < -0.39 is 46.1 Å². The topological polar surface area (TPSA) is 137 Å². The fourth-order valence-electron chi connectivity index (χ4n) is 6.13. The Bertz CT molecular complexity index is 1750. The van der Waals surface area contributed by atoms with Crippen LogP contribution in [0.1, 0.15) is 46.1 Å². The van der Waals surface area contributed by atoms with Crippen molar-refractivity contribution >= 4 is 21.8 Å². The molecule has 254 valence electrons. The molecule has 47 heavy (non-hydrogen) atoms. The minimum Gasteiger partial charge on any atom is -0.390 e. The van der Waals surface area contributed by atoms with Crippen molar-refractivity contribution in [2.24, 2.45) is 0 Å². The number of hydrogen-bond acceptors (Lipinski definition) is 7. The SMILES string of the molecule is CC(=O)NC1CCN(CC(O)Cn2nc(-c3ccc(C(F)(F)F)c(CNC(=O)c4ccc(F)cc4)c3)c3c2CCN(S(C)(=O)=O)C3)C1. The number of alkyl halides is 3. The number of hydrogen-bond donors (Lipinski definition) is 3. The van der Waals surface area contributed by atoms with E-state index in [0.717, 1.165) is 30.9 Å². The van der Waals surface area contributed by atoms with Crippen molar-refractivity contribution in [2.75, 3.05) is 32.4 Å².